The van der Waals surface area contributed by atoms with Crippen LogP contribution in [0.25, 0.3) is 0 Å². The third kappa shape index (κ3) is 8.58. The first-order chi connectivity index (χ1) is 8.15. The minimum absolute atomic E-state index is 0.708. The minimum atomic E-state index is 0.708. The Morgan fingerprint density at radius 2 is 1.65 bits per heavy atom. The number of hydrogen-bond acceptors (Lipinski definition) is 3. The van der Waals surface area contributed by atoms with Crippen LogP contribution in [-0.2, 0) is 0 Å². The molecule has 0 aromatic rings. The van der Waals surface area contributed by atoms with E-state index in [0.717, 1.165) is 19.6 Å². The Labute approximate surface area is 109 Å². The van der Waals surface area contributed by atoms with Crippen molar-refractivity contribution in [2.45, 2.75) is 46.1 Å². The highest BCUT2D eigenvalue weighted by Crippen LogP contribution is 2.07. The van der Waals surface area contributed by atoms with Crippen LogP contribution in [0, 0.1) is 0 Å². The smallest absolute Gasteiger partial charge is 0.0221 e. The molecule has 104 valence electrons. The maximum absolute atomic E-state index is 3.50. The van der Waals surface area contributed by atoms with Gasteiger partial charge in [0.15, 0.2) is 0 Å². The second kappa shape index (κ2) is 11.0. The van der Waals surface area contributed by atoms with Crippen molar-refractivity contribution < 1.29 is 0 Å². The second-order valence-electron chi connectivity index (χ2n) is 5.09. The van der Waals surface area contributed by atoms with Gasteiger partial charge in [0.25, 0.3) is 0 Å². The molecule has 3 nitrogen and oxygen atoms in total. The third-order valence-electron chi connectivity index (χ3n) is 3.11. The van der Waals surface area contributed by atoms with Gasteiger partial charge < -0.3 is 10.2 Å². The lowest BCUT2D eigenvalue weighted by Crippen LogP contribution is -2.45. The summed E-state index contributed by atoms with van der Waals surface area (Å²) in [4.78, 5) is 4.94. The van der Waals surface area contributed by atoms with Gasteiger partial charge in [0.1, 0.15) is 0 Å². The van der Waals surface area contributed by atoms with Crippen LogP contribution in [0.15, 0.2) is 0 Å². The Morgan fingerprint density at radius 1 is 0.941 bits per heavy atom. The van der Waals surface area contributed by atoms with Crippen LogP contribution in [0.4, 0.5) is 0 Å². The predicted molar refractivity (Wildman–Crippen MR) is 77.7 cm³/mol. The van der Waals surface area contributed by atoms with E-state index in [1.54, 1.807) is 0 Å². The van der Waals surface area contributed by atoms with E-state index >= 15 is 0 Å². The van der Waals surface area contributed by atoms with Crippen molar-refractivity contribution in [3.8, 4) is 0 Å². The highest BCUT2D eigenvalue weighted by Gasteiger charge is 2.16. The zero-order valence-corrected chi connectivity index (χ0v) is 12.6. The largest absolute Gasteiger partial charge is 0.315 e. The standard InChI is InChI=1S/C14H33N3/c1-6-9-14(13-15-8-3)17(10-7-2)12-11-16(4)5/h14-15H,6-13H2,1-5H3. The molecule has 0 saturated carbocycles. The highest BCUT2D eigenvalue weighted by atomic mass is 15.2. The van der Waals surface area contributed by atoms with Crippen molar-refractivity contribution in [1.29, 1.82) is 0 Å². The van der Waals surface area contributed by atoms with Crippen LogP contribution in [0.3, 0.4) is 0 Å². The van der Waals surface area contributed by atoms with Crippen LogP contribution in [0.5, 0.6) is 0 Å². The van der Waals surface area contributed by atoms with Gasteiger partial charge in [-0.05, 0) is 40.0 Å². The van der Waals surface area contributed by atoms with E-state index in [9.17, 15) is 0 Å². The van der Waals surface area contributed by atoms with E-state index in [1.165, 1.54) is 32.4 Å². The van der Waals surface area contributed by atoms with Crippen molar-refractivity contribution in [2.24, 2.45) is 0 Å². The summed E-state index contributed by atoms with van der Waals surface area (Å²) in [6, 6.07) is 0.708. The molecule has 0 fully saturated rings. The van der Waals surface area contributed by atoms with Gasteiger partial charge in [-0.1, -0.05) is 27.2 Å². The lowest BCUT2D eigenvalue weighted by molar-refractivity contribution is 0.166. The van der Waals surface area contributed by atoms with Crippen molar-refractivity contribution in [1.82, 2.24) is 15.1 Å². The van der Waals surface area contributed by atoms with Crippen LogP contribution in [0.1, 0.15) is 40.0 Å². The van der Waals surface area contributed by atoms with Gasteiger partial charge in [-0.2, -0.15) is 0 Å². The first-order valence-electron chi connectivity index (χ1n) is 7.25. The SMILES string of the molecule is CCCC(CNCC)N(CCC)CCN(C)C. The number of nitrogens with zero attached hydrogens (tertiary/aromatic N) is 2. The number of rotatable bonds is 11. The van der Waals surface area contributed by atoms with Crippen molar-refractivity contribution in [3.63, 3.8) is 0 Å². The van der Waals surface area contributed by atoms with Crippen molar-refractivity contribution in [3.05, 3.63) is 0 Å². The molecule has 0 saturated heterocycles. The summed E-state index contributed by atoms with van der Waals surface area (Å²) in [5.41, 5.74) is 0. The third-order valence-corrected chi connectivity index (χ3v) is 3.11. The molecule has 0 aliphatic heterocycles. The Balaban J connectivity index is 4.23. The summed E-state index contributed by atoms with van der Waals surface area (Å²) in [5, 5.41) is 3.50. The van der Waals surface area contributed by atoms with Crippen molar-refractivity contribution in [2.75, 3.05) is 46.8 Å². The van der Waals surface area contributed by atoms with Crippen LogP contribution >= 0.6 is 0 Å². The van der Waals surface area contributed by atoms with Gasteiger partial charge in [-0.25, -0.2) is 0 Å². The van der Waals surface area contributed by atoms with Crippen molar-refractivity contribution >= 4 is 0 Å². The molecular formula is C14H33N3. The second-order valence-corrected chi connectivity index (χ2v) is 5.09. The molecule has 0 amide bonds. The zero-order valence-electron chi connectivity index (χ0n) is 12.6. The summed E-state index contributed by atoms with van der Waals surface area (Å²) in [6.45, 7) is 12.5. The average molecular weight is 243 g/mol. The van der Waals surface area contributed by atoms with E-state index < -0.39 is 0 Å². The highest BCUT2D eigenvalue weighted by molar-refractivity contribution is 4.74. The molecule has 1 atom stereocenters. The monoisotopic (exact) mass is 243 g/mol. The number of nitrogens with one attached hydrogen (secondary N) is 1. The predicted octanol–water partition coefficient (Wildman–Crippen LogP) is 2.04. The number of hydrogen-bond donors (Lipinski definition) is 1. The summed E-state index contributed by atoms with van der Waals surface area (Å²) < 4.78 is 0. The van der Waals surface area contributed by atoms with Gasteiger partial charge in [0.05, 0.1) is 0 Å². The molecule has 0 aromatic carbocycles. The molecule has 0 aromatic heterocycles. The maximum Gasteiger partial charge on any atom is 0.0221 e. The summed E-state index contributed by atoms with van der Waals surface area (Å²) in [7, 11) is 4.31. The maximum atomic E-state index is 3.50. The molecule has 0 aliphatic rings. The van der Waals surface area contributed by atoms with Gasteiger partial charge in [0.2, 0.25) is 0 Å². The van der Waals surface area contributed by atoms with E-state index in [-0.39, 0.29) is 0 Å². The topological polar surface area (TPSA) is 18.5 Å². The Hall–Kier alpha value is -0.120. The van der Waals surface area contributed by atoms with Crippen LogP contribution < -0.4 is 5.32 Å². The fourth-order valence-corrected chi connectivity index (χ4v) is 2.15. The summed E-state index contributed by atoms with van der Waals surface area (Å²) in [6.07, 6.45) is 3.83. The summed E-state index contributed by atoms with van der Waals surface area (Å²) in [5.74, 6) is 0. The molecule has 17 heavy (non-hydrogen) atoms. The molecular weight excluding hydrogens is 210 g/mol. The quantitative estimate of drug-likeness (QED) is 0.599. The summed E-state index contributed by atoms with van der Waals surface area (Å²) >= 11 is 0. The van der Waals surface area contributed by atoms with E-state index in [4.69, 9.17) is 0 Å². The minimum Gasteiger partial charge on any atom is -0.315 e. The van der Waals surface area contributed by atoms with Gasteiger partial charge in [-0.3, -0.25) is 4.90 Å². The molecule has 1 N–H and O–H groups in total. The molecule has 0 heterocycles. The van der Waals surface area contributed by atoms with Gasteiger partial charge in [0, 0.05) is 25.7 Å². The molecule has 0 rings (SSSR count). The van der Waals surface area contributed by atoms with E-state index in [2.05, 4.69) is 50.0 Å². The number of likely N-dealkylation sites (N-methyl/N-ethyl adjacent to an activating group) is 2. The lowest BCUT2D eigenvalue weighted by Gasteiger charge is -2.32. The lowest BCUT2D eigenvalue weighted by atomic mass is 10.1. The Kier molecular flexibility index (Phi) is 10.9. The molecule has 1 unspecified atom stereocenters. The molecule has 0 bridgehead atoms. The van der Waals surface area contributed by atoms with Gasteiger partial charge in [-0.15, -0.1) is 0 Å². The molecule has 0 radical (unpaired) electrons. The van der Waals surface area contributed by atoms with Gasteiger partial charge >= 0.3 is 0 Å². The molecule has 0 aliphatic carbocycles. The molecule has 3 heteroatoms. The Bertz CT molecular complexity index is 160. The first kappa shape index (κ1) is 16.9. The van der Waals surface area contributed by atoms with Crippen LogP contribution in [0.2, 0.25) is 0 Å². The Morgan fingerprint density at radius 3 is 2.12 bits per heavy atom. The average Bonchev–Trinajstić information content (AvgIpc) is 2.30. The fourth-order valence-electron chi connectivity index (χ4n) is 2.15. The fraction of sp³-hybridized carbons (Fsp3) is 1.00. The van der Waals surface area contributed by atoms with E-state index in [1.807, 2.05) is 0 Å². The first-order valence-corrected chi connectivity index (χ1v) is 7.25. The molecule has 0 spiro atoms. The van der Waals surface area contributed by atoms with E-state index in [0.29, 0.717) is 6.04 Å². The van der Waals surface area contributed by atoms with Crippen LogP contribution in [-0.4, -0.2) is 62.7 Å². The normalized spacial score (nSPS) is 13.6. The zero-order chi connectivity index (χ0) is 13.1.